The van der Waals surface area contributed by atoms with Gasteiger partial charge in [-0.2, -0.15) is 0 Å². The fourth-order valence-electron chi connectivity index (χ4n) is 4.67. The quantitative estimate of drug-likeness (QED) is 0.752. The second-order valence-corrected chi connectivity index (χ2v) is 8.18. The molecule has 0 spiro atoms. The molecule has 2 aromatic rings. The van der Waals surface area contributed by atoms with Gasteiger partial charge in [-0.05, 0) is 50.5 Å². The van der Waals surface area contributed by atoms with E-state index in [0.29, 0.717) is 23.8 Å². The minimum atomic E-state index is 0.0761. The number of likely N-dealkylation sites (tertiary alicyclic amines) is 1. The Morgan fingerprint density at radius 1 is 1.17 bits per heavy atom. The van der Waals surface area contributed by atoms with Gasteiger partial charge in [-0.1, -0.05) is 12.1 Å². The van der Waals surface area contributed by atoms with E-state index in [9.17, 15) is 4.79 Å². The molecule has 2 aliphatic heterocycles. The van der Waals surface area contributed by atoms with Gasteiger partial charge < -0.3 is 19.1 Å². The van der Waals surface area contributed by atoms with Crippen LogP contribution in [0, 0.1) is 6.92 Å². The van der Waals surface area contributed by atoms with Crippen LogP contribution in [0.3, 0.4) is 0 Å². The van der Waals surface area contributed by atoms with Crippen molar-refractivity contribution in [1.82, 2.24) is 15.0 Å². The number of nitrogens with zero attached hydrogens (tertiary/aromatic N) is 4. The lowest BCUT2D eigenvalue weighted by Gasteiger charge is -2.44. The van der Waals surface area contributed by atoms with Crippen LogP contribution in [0.25, 0.3) is 0 Å². The van der Waals surface area contributed by atoms with E-state index >= 15 is 0 Å². The molecule has 0 aliphatic carbocycles. The Balaban J connectivity index is 1.36. The first-order valence-electron chi connectivity index (χ1n) is 11.0. The summed E-state index contributed by atoms with van der Waals surface area (Å²) >= 11 is 0. The van der Waals surface area contributed by atoms with Crippen LogP contribution >= 0.6 is 0 Å². The topological polar surface area (TPSA) is 62.1 Å². The number of benzene rings is 1. The van der Waals surface area contributed by atoms with E-state index in [-0.39, 0.29) is 5.91 Å². The van der Waals surface area contributed by atoms with Gasteiger partial charge in [0.2, 0.25) is 0 Å². The minimum absolute atomic E-state index is 0.0761. The molecular weight excluding hydrogens is 380 g/mol. The van der Waals surface area contributed by atoms with Crippen LogP contribution in [-0.2, 0) is 6.42 Å². The molecule has 2 aliphatic rings. The number of aryl methyl sites for hydroxylation is 2. The van der Waals surface area contributed by atoms with Crippen LogP contribution in [0.1, 0.15) is 41.6 Å². The van der Waals surface area contributed by atoms with Crippen molar-refractivity contribution in [1.29, 1.82) is 0 Å². The second kappa shape index (κ2) is 9.08. The number of rotatable bonds is 5. The lowest BCUT2D eigenvalue weighted by atomic mass is 10.0. The second-order valence-electron chi connectivity index (χ2n) is 8.18. The van der Waals surface area contributed by atoms with E-state index < -0.39 is 0 Å². The average Bonchev–Trinajstić information content (AvgIpc) is 3.19. The highest BCUT2D eigenvalue weighted by atomic mass is 16.5. The molecule has 7 heteroatoms. The zero-order chi connectivity index (χ0) is 21.1. The number of hydrogen-bond acceptors (Lipinski definition) is 6. The highest BCUT2D eigenvalue weighted by Gasteiger charge is 2.32. The number of aromatic nitrogens is 1. The molecule has 1 atom stereocenters. The number of carbonyl (C=O) groups is 1. The van der Waals surface area contributed by atoms with Crippen molar-refractivity contribution in [2.24, 2.45) is 0 Å². The molecule has 1 aromatic carbocycles. The van der Waals surface area contributed by atoms with Crippen molar-refractivity contribution in [2.75, 3.05) is 51.3 Å². The van der Waals surface area contributed by atoms with Gasteiger partial charge in [-0.25, -0.2) is 0 Å². The largest absolute Gasteiger partial charge is 0.497 e. The van der Waals surface area contributed by atoms with Crippen molar-refractivity contribution in [3.05, 3.63) is 41.3 Å². The van der Waals surface area contributed by atoms with E-state index in [1.165, 1.54) is 5.69 Å². The van der Waals surface area contributed by atoms with E-state index in [4.69, 9.17) is 9.26 Å². The fourth-order valence-corrected chi connectivity index (χ4v) is 4.67. The van der Waals surface area contributed by atoms with E-state index in [0.717, 1.165) is 63.6 Å². The third-order valence-corrected chi connectivity index (χ3v) is 6.43. The smallest absolute Gasteiger partial charge is 0.259 e. The fraction of sp³-hybridized carbons (Fsp3) is 0.565. The first-order valence-corrected chi connectivity index (χ1v) is 11.0. The van der Waals surface area contributed by atoms with E-state index in [1.54, 1.807) is 7.11 Å². The number of amides is 1. The lowest BCUT2D eigenvalue weighted by molar-refractivity contribution is 0.0561. The Labute approximate surface area is 178 Å². The Morgan fingerprint density at radius 2 is 1.90 bits per heavy atom. The predicted octanol–water partition coefficient (Wildman–Crippen LogP) is 2.98. The van der Waals surface area contributed by atoms with Crippen LogP contribution in [0.15, 0.2) is 28.8 Å². The maximum Gasteiger partial charge on any atom is 0.259 e. The standard InChI is InChI=1S/C23H32N4O3/c1-4-21-22(17(2)30-24-21)23(28)27-11-5-6-19(16-27)26-14-12-25(13-15-26)18-7-9-20(29-3)10-8-18/h7-10,19H,4-6,11-16H2,1-3H3/t19-/m1/s1. The monoisotopic (exact) mass is 412 g/mol. The Kier molecular flexibility index (Phi) is 6.27. The first-order chi connectivity index (χ1) is 14.6. The van der Waals surface area contributed by atoms with Crippen LogP contribution in [0.4, 0.5) is 5.69 Å². The number of piperazine rings is 1. The van der Waals surface area contributed by atoms with Gasteiger partial charge in [0.1, 0.15) is 17.1 Å². The summed E-state index contributed by atoms with van der Waals surface area (Å²) in [6, 6.07) is 8.71. The Bertz CT molecular complexity index is 856. The summed E-state index contributed by atoms with van der Waals surface area (Å²) < 4.78 is 10.6. The summed E-state index contributed by atoms with van der Waals surface area (Å²) in [6.45, 7) is 9.48. The third kappa shape index (κ3) is 4.17. The number of carbonyl (C=O) groups excluding carboxylic acids is 1. The summed E-state index contributed by atoms with van der Waals surface area (Å²) in [5, 5.41) is 4.06. The molecule has 3 heterocycles. The molecule has 0 saturated carbocycles. The number of piperidine rings is 1. The van der Waals surface area contributed by atoms with Gasteiger partial charge in [0.15, 0.2) is 0 Å². The van der Waals surface area contributed by atoms with Gasteiger partial charge >= 0.3 is 0 Å². The highest BCUT2D eigenvalue weighted by molar-refractivity contribution is 5.96. The summed E-state index contributed by atoms with van der Waals surface area (Å²) in [6.07, 6.45) is 2.90. The molecule has 162 valence electrons. The van der Waals surface area contributed by atoms with Gasteiger partial charge in [0.05, 0.1) is 12.8 Å². The normalized spacial score (nSPS) is 20.4. The number of hydrogen-bond donors (Lipinski definition) is 0. The molecule has 0 N–H and O–H groups in total. The van der Waals surface area contributed by atoms with Crippen LogP contribution < -0.4 is 9.64 Å². The number of methoxy groups -OCH3 is 1. The number of anilines is 1. The molecule has 4 rings (SSSR count). The molecule has 7 nitrogen and oxygen atoms in total. The molecule has 0 unspecified atom stereocenters. The maximum absolute atomic E-state index is 13.2. The molecule has 2 saturated heterocycles. The lowest BCUT2D eigenvalue weighted by Crippen LogP contribution is -2.56. The van der Waals surface area contributed by atoms with Crippen LogP contribution in [0.2, 0.25) is 0 Å². The molecule has 1 aromatic heterocycles. The molecule has 0 bridgehead atoms. The molecule has 1 amide bonds. The summed E-state index contributed by atoms with van der Waals surface area (Å²) in [5.74, 6) is 1.60. The van der Waals surface area contributed by atoms with E-state index in [2.05, 4.69) is 27.1 Å². The molecule has 2 fully saturated rings. The zero-order valence-electron chi connectivity index (χ0n) is 18.3. The van der Waals surface area contributed by atoms with Crippen molar-refractivity contribution >= 4 is 11.6 Å². The highest BCUT2D eigenvalue weighted by Crippen LogP contribution is 2.25. The molecule has 30 heavy (non-hydrogen) atoms. The summed E-state index contributed by atoms with van der Waals surface area (Å²) in [7, 11) is 1.69. The molecular formula is C23H32N4O3. The first kappa shape index (κ1) is 20.7. The summed E-state index contributed by atoms with van der Waals surface area (Å²) in [5.41, 5.74) is 2.68. The summed E-state index contributed by atoms with van der Waals surface area (Å²) in [4.78, 5) is 20.2. The van der Waals surface area contributed by atoms with E-state index in [1.807, 2.05) is 30.9 Å². The van der Waals surface area contributed by atoms with Crippen molar-refractivity contribution in [3.63, 3.8) is 0 Å². The zero-order valence-corrected chi connectivity index (χ0v) is 18.3. The van der Waals surface area contributed by atoms with Crippen LogP contribution in [-0.4, -0.2) is 73.3 Å². The van der Waals surface area contributed by atoms with Crippen molar-refractivity contribution in [3.8, 4) is 5.75 Å². The van der Waals surface area contributed by atoms with Gasteiger partial charge in [-0.15, -0.1) is 0 Å². The third-order valence-electron chi connectivity index (χ3n) is 6.43. The Hall–Kier alpha value is -2.54. The Morgan fingerprint density at radius 3 is 2.57 bits per heavy atom. The predicted molar refractivity (Wildman–Crippen MR) is 116 cm³/mol. The maximum atomic E-state index is 13.2. The SMILES string of the molecule is CCc1noc(C)c1C(=O)N1CCC[C@@H](N2CCN(c3ccc(OC)cc3)CC2)C1. The van der Waals surface area contributed by atoms with Crippen molar-refractivity contribution in [2.45, 2.75) is 39.2 Å². The van der Waals surface area contributed by atoms with Crippen molar-refractivity contribution < 1.29 is 14.1 Å². The minimum Gasteiger partial charge on any atom is -0.497 e. The average molecular weight is 413 g/mol. The van der Waals surface area contributed by atoms with Gasteiger partial charge in [0.25, 0.3) is 5.91 Å². The van der Waals surface area contributed by atoms with Crippen LogP contribution in [0.5, 0.6) is 5.75 Å². The molecule has 0 radical (unpaired) electrons. The van der Waals surface area contributed by atoms with Gasteiger partial charge in [0, 0.05) is 51.0 Å². The van der Waals surface area contributed by atoms with Gasteiger partial charge in [-0.3, -0.25) is 9.69 Å². The number of ether oxygens (including phenoxy) is 1.